The minimum Gasteiger partial charge on any atom is -0.384 e. The van der Waals surface area contributed by atoms with Crippen molar-refractivity contribution in [3.8, 4) is 5.82 Å². The van der Waals surface area contributed by atoms with Gasteiger partial charge in [-0.3, -0.25) is 4.79 Å². The second-order valence-electron chi connectivity index (χ2n) is 8.71. The molecule has 9 heteroatoms. The first-order chi connectivity index (χ1) is 17.6. The molecule has 0 saturated carbocycles. The Labute approximate surface area is 208 Å². The Kier molecular flexibility index (Phi) is 6.64. The minimum atomic E-state index is -0.464. The van der Waals surface area contributed by atoms with E-state index < -0.39 is 5.91 Å². The molecule has 0 aliphatic carbocycles. The molecule has 0 atom stereocenters. The van der Waals surface area contributed by atoms with Crippen LogP contribution >= 0.6 is 0 Å². The molecule has 1 aromatic carbocycles. The molecule has 5 rings (SSSR count). The number of hydrogen-bond acceptors (Lipinski definition) is 6. The highest BCUT2D eigenvalue weighted by molar-refractivity contribution is 6.06. The van der Waals surface area contributed by atoms with Gasteiger partial charge in [0.1, 0.15) is 17.2 Å². The molecule has 0 aliphatic heterocycles. The van der Waals surface area contributed by atoms with E-state index in [1.165, 1.54) is 0 Å². The predicted molar refractivity (Wildman–Crippen MR) is 140 cm³/mol. The van der Waals surface area contributed by atoms with Crippen molar-refractivity contribution in [3.05, 3.63) is 78.0 Å². The van der Waals surface area contributed by atoms with Crippen LogP contribution in [0.15, 0.2) is 60.9 Å². The van der Waals surface area contributed by atoms with Crippen LogP contribution in [0.5, 0.6) is 0 Å². The van der Waals surface area contributed by atoms with Gasteiger partial charge in [0.25, 0.3) is 5.91 Å². The van der Waals surface area contributed by atoms with Gasteiger partial charge in [-0.15, -0.1) is 0 Å². The van der Waals surface area contributed by atoms with Gasteiger partial charge in [0.2, 0.25) is 0 Å². The molecule has 4 N–H and O–H groups in total. The molecule has 0 fully saturated rings. The zero-order chi connectivity index (χ0) is 25.1. The number of aryl methyl sites for hydroxylation is 2. The first-order valence-electron chi connectivity index (χ1n) is 12.0. The fourth-order valence-electron chi connectivity index (χ4n) is 4.63. The summed E-state index contributed by atoms with van der Waals surface area (Å²) in [5.41, 5.74) is 15.7. The van der Waals surface area contributed by atoms with Crippen molar-refractivity contribution in [1.29, 1.82) is 0 Å². The number of hydrogen-bond donors (Lipinski definition) is 2. The number of primary amides is 1. The Bertz CT molecular complexity index is 1520. The zero-order valence-corrected chi connectivity index (χ0v) is 20.2. The first-order valence-corrected chi connectivity index (χ1v) is 12.0. The number of rotatable bonds is 10. The van der Waals surface area contributed by atoms with Crippen molar-refractivity contribution in [3.63, 3.8) is 0 Å². The van der Waals surface area contributed by atoms with Crippen molar-refractivity contribution in [1.82, 2.24) is 24.1 Å². The third-order valence-electron chi connectivity index (χ3n) is 6.36. The number of pyridine rings is 2. The number of nitrogens with two attached hydrogens (primary N) is 2. The lowest BCUT2D eigenvalue weighted by Crippen LogP contribution is -2.16. The molecule has 0 aliphatic rings. The fourth-order valence-corrected chi connectivity index (χ4v) is 4.63. The number of carbonyl (C=O) groups excluding carboxylic acids is 1. The van der Waals surface area contributed by atoms with Gasteiger partial charge >= 0.3 is 0 Å². The van der Waals surface area contributed by atoms with E-state index in [1.54, 1.807) is 13.2 Å². The van der Waals surface area contributed by atoms with Gasteiger partial charge in [-0.2, -0.15) is 0 Å². The van der Waals surface area contributed by atoms with E-state index in [9.17, 15) is 4.79 Å². The summed E-state index contributed by atoms with van der Waals surface area (Å²) in [5, 5.41) is 1.02. The summed E-state index contributed by atoms with van der Waals surface area (Å²) in [6, 6.07) is 15.4. The molecule has 9 nitrogen and oxygen atoms in total. The van der Waals surface area contributed by atoms with Crippen LogP contribution in [-0.2, 0) is 24.1 Å². The lowest BCUT2D eigenvalue weighted by Gasteiger charge is -2.12. The lowest BCUT2D eigenvalue weighted by molar-refractivity contribution is 0.0999. The summed E-state index contributed by atoms with van der Waals surface area (Å²) in [4.78, 5) is 26.1. The number of nitrogens with zero attached hydrogens (tertiary/aromatic N) is 5. The summed E-state index contributed by atoms with van der Waals surface area (Å²) >= 11 is 0. The average Bonchev–Trinajstić information content (AvgIpc) is 3.54. The van der Waals surface area contributed by atoms with Gasteiger partial charge in [-0.25, -0.2) is 15.0 Å². The number of fused-ring (bicyclic) bond motifs is 3. The van der Waals surface area contributed by atoms with E-state index in [-0.39, 0.29) is 0 Å². The fraction of sp³-hybridized carbons (Fsp3) is 0.259. The summed E-state index contributed by atoms with van der Waals surface area (Å²) < 4.78 is 9.46. The molecule has 1 amide bonds. The summed E-state index contributed by atoms with van der Waals surface area (Å²) in [6.07, 6.45) is 6.84. The molecule has 36 heavy (non-hydrogen) atoms. The third-order valence-corrected chi connectivity index (χ3v) is 6.36. The zero-order valence-electron chi connectivity index (χ0n) is 20.2. The Morgan fingerprint density at radius 2 is 1.78 bits per heavy atom. The molecular formula is C27H29N7O2. The lowest BCUT2D eigenvalue weighted by atomic mass is 10.1. The normalized spacial score (nSPS) is 11.5. The number of para-hydroxylation sites is 1. The molecule has 0 bridgehead atoms. The van der Waals surface area contributed by atoms with Crippen molar-refractivity contribution in [2.75, 3.05) is 19.5 Å². The van der Waals surface area contributed by atoms with Crippen LogP contribution in [0.2, 0.25) is 0 Å². The maximum atomic E-state index is 12.0. The van der Waals surface area contributed by atoms with Gasteiger partial charge < -0.3 is 25.3 Å². The first kappa shape index (κ1) is 23.5. The van der Waals surface area contributed by atoms with Gasteiger partial charge in [-0.1, -0.05) is 18.2 Å². The molecule has 0 radical (unpaired) electrons. The SMILES string of the molecule is COCCc1nc2c(N)nc3ccccc3c2n1CCCCc1nc(-n2cccc2)ccc1C(N)=O. The number of imidazole rings is 1. The average molecular weight is 484 g/mol. The number of methoxy groups -OCH3 is 1. The number of amides is 1. The molecular weight excluding hydrogens is 454 g/mol. The van der Waals surface area contributed by atoms with Gasteiger partial charge in [-0.05, 0) is 49.6 Å². The maximum Gasteiger partial charge on any atom is 0.250 e. The number of aromatic nitrogens is 5. The van der Waals surface area contributed by atoms with Crippen LogP contribution in [0.4, 0.5) is 5.82 Å². The monoisotopic (exact) mass is 483 g/mol. The topological polar surface area (TPSA) is 127 Å². The Morgan fingerprint density at radius 1 is 0.972 bits per heavy atom. The van der Waals surface area contributed by atoms with Crippen molar-refractivity contribution in [2.24, 2.45) is 5.73 Å². The van der Waals surface area contributed by atoms with Crippen LogP contribution in [0.3, 0.4) is 0 Å². The molecule has 4 heterocycles. The maximum absolute atomic E-state index is 12.0. The smallest absolute Gasteiger partial charge is 0.250 e. The third kappa shape index (κ3) is 4.52. The molecule has 0 spiro atoms. The van der Waals surface area contributed by atoms with E-state index in [0.717, 1.165) is 53.0 Å². The van der Waals surface area contributed by atoms with Crippen LogP contribution in [-0.4, -0.2) is 43.7 Å². The van der Waals surface area contributed by atoms with Crippen LogP contribution in [0, 0.1) is 0 Å². The van der Waals surface area contributed by atoms with E-state index >= 15 is 0 Å². The standard InChI is InChI=1S/C27H29N7O2/c1-36-17-13-23-32-24-25(18-8-2-3-9-20(18)31-26(24)28)34(23)16-5-4-10-21-19(27(29)35)11-12-22(30-21)33-14-6-7-15-33/h2-3,6-9,11-12,14-15H,4-5,10,13,16-17H2,1H3,(H2,28,31)(H2,29,35). The molecule has 184 valence electrons. The Hall–Kier alpha value is -4.24. The Balaban J connectivity index is 1.41. The summed E-state index contributed by atoms with van der Waals surface area (Å²) in [6.45, 7) is 1.30. The van der Waals surface area contributed by atoms with E-state index in [1.807, 2.05) is 53.4 Å². The Morgan fingerprint density at radius 3 is 2.56 bits per heavy atom. The highest BCUT2D eigenvalue weighted by Gasteiger charge is 2.17. The minimum absolute atomic E-state index is 0.429. The van der Waals surface area contributed by atoms with Crippen molar-refractivity contribution >= 4 is 33.7 Å². The van der Waals surface area contributed by atoms with Gasteiger partial charge in [0, 0.05) is 37.9 Å². The predicted octanol–water partition coefficient (Wildman–Crippen LogP) is 3.66. The number of unbranched alkanes of at least 4 members (excludes halogenated alkanes) is 1. The number of ether oxygens (including phenoxy) is 1. The highest BCUT2D eigenvalue weighted by Crippen LogP contribution is 2.29. The quantitative estimate of drug-likeness (QED) is 0.292. The van der Waals surface area contributed by atoms with Crippen molar-refractivity contribution in [2.45, 2.75) is 32.2 Å². The largest absolute Gasteiger partial charge is 0.384 e. The van der Waals surface area contributed by atoms with Crippen LogP contribution in [0.1, 0.15) is 34.7 Å². The summed E-state index contributed by atoms with van der Waals surface area (Å²) in [5.74, 6) is 1.64. The molecule has 0 unspecified atom stereocenters. The van der Waals surface area contributed by atoms with Crippen LogP contribution in [0.25, 0.3) is 27.8 Å². The summed E-state index contributed by atoms with van der Waals surface area (Å²) in [7, 11) is 1.68. The highest BCUT2D eigenvalue weighted by atomic mass is 16.5. The number of anilines is 1. The van der Waals surface area contributed by atoms with Crippen molar-refractivity contribution < 1.29 is 9.53 Å². The van der Waals surface area contributed by atoms with E-state index in [0.29, 0.717) is 36.5 Å². The van der Waals surface area contributed by atoms with E-state index in [4.69, 9.17) is 26.2 Å². The second kappa shape index (κ2) is 10.2. The van der Waals surface area contributed by atoms with Gasteiger partial charge in [0.15, 0.2) is 5.82 Å². The van der Waals surface area contributed by atoms with E-state index in [2.05, 4.69) is 15.6 Å². The van der Waals surface area contributed by atoms with Crippen LogP contribution < -0.4 is 11.5 Å². The van der Waals surface area contributed by atoms with Gasteiger partial charge in [0.05, 0.1) is 28.9 Å². The number of nitrogen functional groups attached to an aromatic ring is 1. The molecule has 4 aromatic heterocycles. The number of carbonyl (C=O) groups is 1. The molecule has 0 saturated heterocycles. The molecule has 5 aromatic rings. The number of benzene rings is 1. The second-order valence-corrected chi connectivity index (χ2v) is 8.71.